The van der Waals surface area contributed by atoms with Gasteiger partial charge >= 0.3 is 0 Å². The Hall–Kier alpha value is 0.660. The summed E-state index contributed by atoms with van der Waals surface area (Å²) in [6, 6.07) is 0. The molecule has 0 bridgehead atoms. The van der Waals surface area contributed by atoms with Gasteiger partial charge in [-0.15, -0.1) is 0 Å². The molecule has 0 atom stereocenters. The average Bonchev–Trinajstić information content (AvgIpc) is 2.19. The third kappa shape index (κ3) is 2.50. The summed E-state index contributed by atoms with van der Waals surface area (Å²) in [5, 5.41) is 2.81. The van der Waals surface area contributed by atoms with Crippen LogP contribution in [-0.4, -0.2) is 0 Å². The molecule has 0 aliphatic carbocycles. The molecule has 15 heavy (non-hydrogen) atoms. The summed E-state index contributed by atoms with van der Waals surface area (Å²) in [4.78, 5) is 0. The van der Waals surface area contributed by atoms with Crippen molar-refractivity contribution in [2.24, 2.45) is 0 Å². The van der Waals surface area contributed by atoms with E-state index in [9.17, 15) is 0 Å². The Kier molecular flexibility index (Phi) is 5.33. The normalized spacial score (nSPS) is 10.8. The van der Waals surface area contributed by atoms with Gasteiger partial charge in [0, 0.05) is 16.0 Å². The predicted octanol–water partition coefficient (Wildman–Crippen LogP) is 5.30. The van der Waals surface area contributed by atoms with Crippen molar-refractivity contribution in [3.63, 3.8) is 0 Å². The first-order valence-electron chi connectivity index (χ1n) is 4.86. The molecule has 0 amide bonds. The van der Waals surface area contributed by atoms with E-state index in [1.807, 2.05) is 0 Å². The molecule has 0 fully saturated rings. The number of hydrogen-bond acceptors (Lipinski definition) is 0. The van der Waals surface area contributed by atoms with Crippen LogP contribution in [0.4, 0.5) is 0 Å². The van der Waals surface area contributed by atoms with Crippen LogP contribution in [0.1, 0.15) is 33.4 Å². The van der Waals surface area contributed by atoms with Crippen LogP contribution in [0.15, 0.2) is 0 Å². The maximum absolute atomic E-state index is 3.58. The minimum atomic E-state index is 0.935. The van der Waals surface area contributed by atoms with Crippen molar-refractivity contribution in [3.05, 3.63) is 33.4 Å². The molecule has 1 rings (SSSR count). The summed E-state index contributed by atoms with van der Waals surface area (Å²) in [5.74, 6) is 0. The average molecular weight is 399 g/mol. The van der Waals surface area contributed by atoms with Crippen LogP contribution in [0.5, 0.6) is 0 Å². The monoisotopic (exact) mass is 396 g/mol. The van der Waals surface area contributed by atoms with Crippen LogP contribution >= 0.6 is 47.8 Å². The standard InChI is InChI=1S/C12H15Br3/c1-7-10(4-13)8(2)12(6-15)9(3)11(7)5-14/h4-6H2,1-3H3. The number of halogens is 3. The fraction of sp³-hybridized carbons (Fsp3) is 0.500. The quantitative estimate of drug-likeness (QED) is 0.606. The van der Waals surface area contributed by atoms with Crippen LogP contribution in [0.25, 0.3) is 0 Å². The molecule has 0 aliphatic heterocycles. The van der Waals surface area contributed by atoms with Crippen LogP contribution in [0, 0.1) is 20.8 Å². The van der Waals surface area contributed by atoms with E-state index in [0.29, 0.717) is 0 Å². The highest BCUT2D eigenvalue weighted by molar-refractivity contribution is 9.09. The van der Waals surface area contributed by atoms with Gasteiger partial charge in [-0.05, 0) is 54.2 Å². The summed E-state index contributed by atoms with van der Waals surface area (Å²) in [5.41, 5.74) is 8.56. The van der Waals surface area contributed by atoms with Crippen molar-refractivity contribution < 1.29 is 0 Å². The van der Waals surface area contributed by atoms with E-state index >= 15 is 0 Å². The lowest BCUT2D eigenvalue weighted by atomic mass is 9.90. The zero-order valence-electron chi connectivity index (χ0n) is 9.26. The van der Waals surface area contributed by atoms with E-state index in [4.69, 9.17) is 0 Å². The molecule has 0 saturated heterocycles. The van der Waals surface area contributed by atoms with Gasteiger partial charge < -0.3 is 0 Å². The lowest BCUT2D eigenvalue weighted by Gasteiger charge is -2.19. The van der Waals surface area contributed by atoms with Gasteiger partial charge in [0.15, 0.2) is 0 Å². The van der Waals surface area contributed by atoms with Crippen molar-refractivity contribution in [1.29, 1.82) is 0 Å². The molecule has 3 heteroatoms. The Balaban J connectivity index is 3.57. The van der Waals surface area contributed by atoms with E-state index in [2.05, 4.69) is 68.6 Å². The van der Waals surface area contributed by atoms with Gasteiger partial charge in [0.2, 0.25) is 0 Å². The second-order valence-electron chi connectivity index (χ2n) is 3.71. The third-order valence-corrected chi connectivity index (χ3v) is 4.80. The number of benzene rings is 1. The lowest BCUT2D eigenvalue weighted by Crippen LogP contribution is -2.04. The Morgan fingerprint density at radius 3 is 0.933 bits per heavy atom. The minimum Gasteiger partial charge on any atom is -0.0876 e. The Labute approximate surface area is 117 Å². The molecular weight excluding hydrogens is 384 g/mol. The van der Waals surface area contributed by atoms with Crippen molar-refractivity contribution in [1.82, 2.24) is 0 Å². The van der Waals surface area contributed by atoms with Crippen LogP contribution in [-0.2, 0) is 16.0 Å². The maximum Gasteiger partial charge on any atom is 0.0288 e. The zero-order chi connectivity index (χ0) is 11.6. The van der Waals surface area contributed by atoms with Crippen LogP contribution < -0.4 is 0 Å². The molecular formula is C12H15Br3. The molecule has 0 heterocycles. The molecule has 1 aromatic rings. The van der Waals surface area contributed by atoms with Gasteiger partial charge in [-0.25, -0.2) is 0 Å². The van der Waals surface area contributed by atoms with Crippen molar-refractivity contribution in [3.8, 4) is 0 Å². The van der Waals surface area contributed by atoms with Gasteiger partial charge in [-0.1, -0.05) is 47.8 Å². The molecule has 0 radical (unpaired) electrons. The zero-order valence-corrected chi connectivity index (χ0v) is 14.0. The van der Waals surface area contributed by atoms with E-state index < -0.39 is 0 Å². The Bertz CT molecular complexity index is 291. The lowest BCUT2D eigenvalue weighted by molar-refractivity contribution is 1.11. The molecule has 0 nitrogen and oxygen atoms in total. The second kappa shape index (κ2) is 5.83. The SMILES string of the molecule is Cc1c(CBr)c(C)c(CBr)c(C)c1CBr. The predicted molar refractivity (Wildman–Crippen MR) is 78.5 cm³/mol. The molecule has 0 aromatic heterocycles. The summed E-state index contributed by atoms with van der Waals surface area (Å²) in [7, 11) is 0. The summed E-state index contributed by atoms with van der Waals surface area (Å²) in [6.07, 6.45) is 0. The van der Waals surface area contributed by atoms with E-state index in [1.54, 1.807) is 0 Å². The number of alkyl halides is 3. The highest BCUT2D eigenvalue weighted by atomic mass is 79.9. The maximum atomic E-state index is 3.58. The van der Waals surface area contributed by atoms with E-state index in [-0.39, 0.29) is 0 Å². The molecule has 0 saturated carbocycles. The largest absolute Gasteiger partial charge is 0.0876 e. The van der Waals surface area contributed by atoms with Crippen LogP contribution in [0.3, 0.4) is 0 Å². The van der Waals surface area contributed by atoms with Crippen molar-refractivity contribution in [2.45, 2.75) is 36.8 Å². The molecule has 1 aromatic carbocycles. The molecule has 0 aliphatic rings. The molecule has 0 unspecified atom stereocenters. The highest BCUT2D eigenvalue weighted by Gasteiger charge is 2.14. The van der Waals surface area contributed by atoms with E-state index in [0.717, 1.165) is 16.0 Å². The van der Waals surface area contributed by atoms with Gasteiger partial charge in [0.25, 0.3) is 0 Å². The second-order valence-corrected chi connectivity index (χ2v) is 5.39. The summed E-state index contributed by atoms with van der Waals surface area (Å²) < 4.78 is 0. The summed E-state index contributed by atoms with van der Waals surface area (Å²) in [6.45, 7) is 6.64. The molecule has 0 N–H and O–H groups in total. The van der Waals surface area contributed by atoms with Gasteiger partial charge in [0.1, 0.15) is 0 Å². The van der Waals surface area contributed by atoms with Crippen LogP contribution in [0.2, 0.25) is 0 Å². The summed E-state index contributed by atoms with van der Waals surface area (Å²) >= 11 is 10.7. The number of hydrogen-bond donors (Lipinski definition) is 0. The first kappa shape index (κ1) is 13.7. The Morgan fingerprint density at radius 2 is 0.800 bits per heavy atom. The highest BCUT2D eigenvalue weighted by Crippen LogP contribution is 2.31. The van der Waals surface area contributed by atoms with Gasteiger partial charge in [-0.3, -0.25) is 0 Å². The number of rotatable bonds is 3. The topological polar surface area (TPSA) is 0 Å². The van der Waals surface area contributed by atoms with E-state index in [1.165, 1.54) is 33.4 Å². The smallest absolute Gasteiger partial charge is 0.0288 e. The van der Waals surface area contributed by atoms with Crippen molar-refractivity contribution in [2.75, 3.05) is 0 Å². The van der Waals surface area contributed by atoms with Gasteiger partial charge in [0.05, 0.1) is 0 Å². The van der Waals surface area contributed by atoms with Gasteiger partial charge in [-0.2, -0.15) is 0 Å². The minimum absolute atomic E-state index is 0.935. The third-order valence-electron chi connectivity index (χ3n) is 3.12. The molecule has 0 spiro atoms. The fourth-order valence-electron chi connectivity index (χ4n) is 1.99. The molecule has 84 valence electrons. The first-order chi connectivity index (χ1) is 7.08. The first-order valence-corrected chi connectivity index (χ1v) is 8.23. The fourth-order valence-corrected chi connectivity index (χ4v) is 4.51. The Morgan fingerprint density at radius 1 is 0.600 bits per heavy atom. The van der Waals surface area contributed by atoms with Crippen molar-refractivity contribution >= 4 is 47.8 Å².